The zero-order valence-corrected chi connectivity index (χ0v) is 11.5. The van der Waals surface area contributed by atoms with Crippen molar-refractivity contribution in [1.82, 2.24) is 10.6 Å². The monoisotopic (exact) mass is 240 g/mol. The largest absolute Gasteiger partial charge is 0.354 e. The molecule has 17 heavy (non-hydrogen) atoms. The Morgan fingerprint density at radius 2 is 1.71 bits per heavy atom. The summed E-state index contributed by atoms with van der Waals surface area (Å²) < 4.78 is 0. The summed E-state index contributed by atoms with van der Waals surface area (Å²) in [5, 5.41) is 5.46. The third-order valence-corrected chi connectivity index (χ3v) is 2.33. The van der Waals surface area contributed by atoms with Gasteiger partial charge in [-0.25, -0.2) is 0 Å². The van der Waals surface area contributed by atoms with Crippen LogP contribution in [0.5, 0.6) is 0 Å². The summed E-state index contributed by atoms with van der Waals surface area (Å²) in [6.07, 6.45) is 0.217. The number of carbonyl (C=O) groups excluding carboxylic acids is 2. The number of nitrogens with one attached hydrogen (secondary N) is 2. The van der Waals surface area contributed by atoms with E-state index in [2.05, 4.69) is 17.2 Å². The van der Waals surface area contributed by atoms with Gasteiger partial charge in [0.2, 0.25) is 11.8 Å². The summed E-state index contributed by atoms with van der Waals surface area (Å²) in [4.78, 5) is 23.5. The number of amides is 2. The Kier molecular flexibility index (Phi) is 6.54. The molecule has 2 amide bonds. The number of allylic oxidation sites excluding steroid dienone is 1. The van der Waals surface area contributed by atoms with Crippen LogP contribution in [0.1, 0.15) is 41.0 Å². The van der Waals surface area contributed by atoms with Gasteiger partial charge in [-0.05, 0) is 26.7 Å². The van der Waals surface area contributed by atoms with Gasteiger partial charge in [-0.1, -0.05) is 20.4 Å². The molecule has 0 aliphatic heterocycles. The fourth-order valence-electron chi connectivity index (χ4n) is 1.51. The zero-order valence-electron chi connectivity index (χ0n) is 11.5. The molecule has 0 spiro atoms. The molecule has 98 valence electrons. The Morgan fingerprint density at radius 3 is 2.06 bits per heavy atom. The lowest BCUT2D eigenvalue weighted by Gasteiger charge is -2.20. The van der Waals surface area contributed by atoms with Crippen LogP contribution < -0.4 is 10.6 Å². The predicted octanol–water partition coefficient (Wildman–Crippen LogP) is 1.82. The molecule has 0 aliphatic rings. The molecule has 0 saturated carbocycles. The maximum atomic E-state index is 11.9. The zero-order chi connectivity index (χ0) is 13.6. The Bertz CT molecular complexity index is 296. The minimum atomic E-state index is -0.314. The lowest BCUT2D eigenvalue weighted by atomic mass is 9.91. The van der Waals surface area contributed by atoms with Crippen molar-refractivity contribution < 1.29 is 9.59 Å². The van der Waals surface area contributed by atoms with E-state index in [9.17, 15) is 9.59 Å². The first-order valence-electron chi connectivity index (χ1n) is 5.99. The molecule has 1 unspecified atom stereocenters. The van der Waals surface area contributed by atoms with Gasteiger partial charge in [-0.2, -0.15) is 0 Å². The quantitative estimate of drug-likeness (QED) is 0.744. The first-order valence-corrected chi connectivity index (χ1v) is 5.99. The molecule has 1 atom stereocenters. The average Bonchev–Trinajstić information content (AvgIpc) is 2.10. The minimum Gasteiger partial charge on any atom is -0.354 e. The van der Waals surface area contributed by atoms with Crippen LogP contribution >= 0.6 is 0 Å². The molecule has 0 aromatic carbocycles. The van der Waals surface area contributed by atoms with Crippen molar-refractivity contribution in [3.8, 4) is 0 Å². The van der Waals surface area contributed by atoms with Gasteiger partial charge in [0.25, 0.3) is 0 Å². The van der Waals surface area contributed by atoms with E-state index in [4.69, 9.17) is 0 Å². The van der Waals surface area contributed by atoms with Crippen LogP contribution in [0.4, 0.5) is 0 Å². The number of hydrogen-bond donors (Lipinski definition) is 2. The summed E-state index contributed by atoms with van der Waals surface area (Å²) in [6.45, 7) is 13.0. The fraction of sp³-hybridized carbons (Fsp3) is 0.692. The van der Waals surface area contributed by atoms with Crippen molar-refractivity contribution in [3.63, 3.8) is 0 Å². The van der Waals surface area contributed by atoms with Gasteiger partial charge in [-0.3, -0.25) is 9.59 Å². The highest BCUT2D eigenvalue weighted by Crippen LogP contribution is 2.16. The van der Waals surface area contributed by atoms with Gasteiger partial charge >= 0.3 is 0 Å². The molecule has 0 radical (unpaired) electrons. The summed E-state index contributed by atoms with van der Waals surface area (Å²) >= 11 is 0. The van der Waals surface area contributed by atoms with Crippen LogP contribution in [-0.4, -0.2) is 17.9 Å². The number of carbonyl (C=O) groups is 2. The third-order valence-electron chi connectivity index (χ3n) is 2.33. The van der Waals surface area contributed by atoms with Gasteiger partial charge in [0.1, 0.15) is 0 Å². The van der Waals surface area contributed by atoms with E-state index in [0.29, 0.717) is 5.70 Å². The predicted molar refractivity (Wildman–Crippen MR) is 69.2 cm³/mol. The molecule has 0 aliphatic carbocycles. The van der Waals surface area contributed by atoms with E-state index in [1.807, 2.05) is 27.7 Å². The molecule has 0 aromatic rings. The minimum absolute atomic E-state index is 0.0874. The Balaban J connectivity index is 4.48. The van der Waals surface area contributed by atoms with Crippen LogP contribution in [0.15, 0.2) is 12.3 Å². The van der Waals surface area contributed by atoms with Crippen LogP contribution in [0, 0.1) is 11.8 Å². The normalized spacial score (nSPS) is 12.4. The van der Waals surface area contributed by atoms with Crippen LogP contribution in [0.3, 0.4) is 0 Å². The van der Waals surface area contributed by atoms with Gasteiger partial charge in [0.05, 0.1) is 0 Å². The van der Waals surface area contributed by atoms with E-state index >= 15 is 0 Å². The second-order valence-electron chi connectivity index (χ2n) is 5.05. The summed E-state index contributed by atoms with van der Waals surface area (Å²) in [5.41, 5.74) is 0.602. The molecule has 4 nitrogen and oxygen atoms in total. The van der Waals surface area contributed by atoms with Crippen molar-refractivity contribution in [1.29, 1.82) is 0 Å². The summed E-state index contributed by atoms with van der Waals surface area (Å²) in [7, 11) is 0. The molecule has 0 heterocycles. The Morgan fingerprint density at radius 1 is 1.18 bits per heavy atom. The summed E-state index contributed by atoms with van der Waals surface area (Å²) in [6, 6.07) is 0.0968. The average molecular weight is 240 g/mol. The third kappa shape index (κ3) is 6.76. The molecule has 0 saturated heterocycles. The van der Waals surface area contributed by atoms with Gasteiger partial charge in [0, 0.05) is 24.1 Å². The lowest BCUT2D eigenvalue weighted by molar-refractivity contribution is -0.131. The molecule has 2 N–H and O–H groups in total. The Labute approximate surface area is 104 Å². The van der Waals surface area contributed by atoms with Crippen LogP contribution in [0.2, 0.25) is 0 Å². The van der Waals surface area contributed by atoms with Crippen molar-refractivity contribution >= 4 is 11.8 Å². The van der Waals surface area contributed by atoms with Crippen LogP contribution in [-0.2, 0) is 9.59 Å². The Hall–Kier alpha value is -1.32. The van der Waals surface area contributed by atoms with Crippen LogP contribution in [0.25, 0.3) is 0 Å². The molecule has 0 bridgehead atoms. The second-order valence-corrected chi connectivity index (χ2v) is 5.05. The molecular weight excluding hydrogens is 216 g/mol. The van der Waals surface area contributed by atoms with Gasteiger partial charge in [-0.15, -0.1) is 0 Å². The van der Waals surface area contributed by atoms with E-state index in [-0.39, 0.29) is 36.1 Å². The number of hydrogen-bond acceptors (Lipinski definition) is 2. The van der Waals surface area contributed by atoms with E-state index in [1.54, 1.807) is 6.92 Å². The van der Waals surface area contributed by atoms with E-state index in [0.717, 1.165) is 0 Å². The summed E-state index contributed by atoms with van der Waals surface area (Å²) in [5.74, 6) is -0.417. The number of rotatable bonds is 6. The molecular formula is C13H24N2O2. The first kappa shape index (κ1) is 15.7. The SMILES string of the molecule is C=C(C)NC(=O)C(CC(=O)NC(C)C)C(C)C. The highest BCUT2D eigenvalue weighted by atomic mass is 16.2. The van der Waals surface area contributed by atoms with E-state index in [1.165, 1.54) is 0 Å². The molecule has 0 aromatic heterocycles. The smallest absolute Gasteiger partial charge is 0.227 e. The van der Waals surface area contributed by atoms with Crippen molar-refractivity contribution in [2.75, 3.05) is 0 Å². The topological polar surface area (TPSA) is 58.2 Å². The fourth-order valence-corrected chi connectivity index (χ4v) is 1.51. The lowest BCUT2D eigenvalue weighted by Crippen LogP contribution is -2.38. The highest BCUT2D eigenvalue weighted by molar-refractivity contribution is 5.86. The molecule has 0 fully saturated rings. The maximum Gasteiger partial charge on any atom is 0.227 e. The van der Waals surface area contributed by atoms with Crippen molar-refractivity contribution in [2.24, 2.45) is 11.8 Å². The highest BCUT2D eigenvalue weighted by Gasteiger charge is 2.25. The molecule has 0 rings (SSSR count). The van der Waals surface area contributed by atoms with E-state index < -0.39 is 0 Å². The second kappa shape index (κ2) is 7.09. The van der Waals surface area contributed by atoms with Gasteiger partial charge in [0.15, 0.2) is 0 Å². The first-order chi connectivity index (χ1) is 7.73. The molecule has 4 heteroatoms. The van der Waals surface area contributed by atoms with Crippen molar-refractivity contribution in [2.45, 2.75) is 47.1 Å². The maximum absolute atomic E-state index is 11.9. The standard InChI is InChI=1S/C13H24N2O2/c1-8(2)11(13(17)15-10(5)6)7-12(16)14-9(3)4/h8-9,11H,5,7H2,1-4,6H3,(H,14,16)(H,15,17). The van der Waals surface area contributed by atoms with Gasteiger partial charge < -0.3 is 10.6 Å². The van der Waals surface area contributed by atoms with Crippen molar-refractivity contribution in [3.05, 3.63) is 12.3 Å².